The first-order chi connectivity index (χ1) is 11.1. The molecule has 1 amide bonds. The summed E-state index contributed by atoms with van der Waals surface area (Å²) in [7, 11) is 0. The fraction of sp³-hybridized carbons (Fsp3) is 0.0588. The first kappa shape index (κ1) is 16.7. The van der Waals surface area contributed by atoms with Crippen LogP contribution in [-0.4, -0.2) is 5.91 Å². The van der Waals surface area contributed by atoms with Crippen molar-refractivity contribution in [3.05, 3.63) is 76.2 Å². The number of benzene rings is 2. The highest BCUT2D eigenvalue weighted by Gasteiger charge is 2.08. The van der Waals surface area contributed by atoms with Crippen LogP contribution < -0.4 is 10.6 Å². The highest BCUT2D eigenvalue weighted by Crippen LogP contribution is 2.14. The molecule has 0 heterocycles. The van der Waals surface area contributed by atoms with Gasteiger partial charge in [0.25, 0.3) is 5.91 Å². The predicted molar refractivity (Wildman–Crippen MR) is 89.7 cm³/mol. The molecule has 2 rings (SSSR count). The average Bonchev–Trinajstić information content (AvgIpc) is 2.55. The van der Waals surface area contributed by atoms with E-state index in [1.165, 1.54) is 18.3 Å². The van der Waals surface area contributed by atoms with E-state index in [1.54, 1.807) is 36.4 Å². The summed E-state index contributed by atoms with van der Waals surface area (Å²) in [5.41, 5.74) is 1.39. The third-order valence-electron chi connectivity index (χ3n) is 2.93. The summed E-state index contributed by atoms with van der Waals surface area (Å²) in [5, 5.41) is 14.6. The highest BCUT2D eigenvalue weighted by molar-refractivity contribution is 9.10. The summed E-state index contributed by atoms with van der Waals surface area (Å²) >= 11 is 3.31. The van der Waals surface area contributed by atoms with Gasteiger partial charge in [-0.05, 0) is 42.0 Å². The second-order valence-electron chi connectivity index (χ2n) is 4.64. The molecule has 0 bridgehead atoms. The van der Waals surface area contributed by atoms with Crippen LogP contribution in [0.2, 0.25) is 0 Å². The summed E-state index contributed by atoms with van der Waals surface area (Å²) in [6.45, 7) is 0.386. The topological polar surface area (TPSA) is 64.9 Å². The normalized spacial score (nSPS) is 10.7. The molecule has 0 spiro atoms. The number of nitriles is 1. The maximum Gasteiger partial charge on any atom is 0.267 e. The molecule has 6 heteroatoms. The zero-order valence-corrected chi connectivity index (χ0v) is 13.6. The second-order valence-corrected chi connectivity index (χ2v) is 5.55. The summed E-state index contributed by atoms with van der Waals surface area (Å²) < 4.78 is 13.7. The first-order valence-electron chi connectivity index (χ1n) is 6.73. The van der Waals surface area contributed by atoms with Crippen LogP contribution in [0, 0.1) is 17.1 Å². The van der Waals surface area contributed by atoms with Crippen LogP contribution >= 0.6 is 15.9 Å². The molecule has 0 saturated carbocycles. The molecule has 23 heavy (non-hydrogen) atoms. The Bertz CT molecular complexity index is 749. The average molecular weight is 374 g/mol. The van der Waals surface area contributed by atoms with Gasteiger partial charge in [0.1, 0.15) is 17.5 Å². The van der Waals surface area contributed by atoms with Gasteiger partial charge in [0.2, 0.25) is 0 Å². The van der Waals surface area contributed by atoms with Crippen LogP contribution in [0.1, 0.15) is 5.56 Å². The van der Waals surface area contributed by atoms with E-state index in [-0.39, 0.29) is 11.4 Å². The van der Waals surface area contributed by atoms with E-state index in [0.717, 1.165) is 10.0 Å². The number of anilines is 1. The lowest BCUT2D eigenvalue weighted by Crippen LogP contribution is -2.16. The summed E-state index contributed by atoms with van der Waals surface area (Å²) in [6.07, 6.45) is 1.34. The van der Waals surface area contributed by atoms with E-state index in [0.29, 0.717) is 12.2 Å². The Labute approximate surface area is 141 Å². The SMILES string of the molecule is N#C/C(=C/NCc1ccc(F)cc1)C(=O)Nc1ccc(Br)cc1. The maximum absolute atomic E-state index is 12.8. The summed E-state index contributed by atoms with van der Waals surface area (Å²) in [4.78, 5) is 12.0. The van der Waals surface area contributed by atoms with E-state index in [4.69, 9.17) is 5.26 Å². The molecule has 2 N–H and O–H groups in total. The molecule has 0 fully saturated rings. The minimum Gasteiger partial charge on any atom is -0.386 e. The predicted octanol–water partition coefficient (Wildman–Crippen LogP) is 3.72. The number of carbonyl (C=O) groups is 1. The third-order valence-corrected chi connectivity index (χ3v) is 3.46. The lowest BCUT2D eigenvalue weighted by molar-refractivity contribution is -0.112. The number of nitrogens with zero attached hydrogens (tertiary/aromatic N) is 1. The molecular weight excluding hydrogens is 361 g/mol. The molecule has 0 unspecified atom stereocenters. The molecule has 4 nitrogen and oxygen atoms in total. The van der Waals surface area contributed by atoms with Crippen molar-refractivity contribution < 1.29 is 9.18 Å². The molecule has 2 aromatic carbocycles. The van der Waals surface area contributed by atoms with Gasteiger partial charge < -0.3 is 10.6 Å². The maximum atomic E-state index is 12.8. The Kier molecular flexibility index (Phi) is 5.89. The minimum atomic E-state index is -0.499. The Morgan fingerprint density at radius 3 is 2.43 bits per heavy atom. The van der Waals surface area contributed by atoms with Crippen LogP contribution in [0.4, 0.5) is 10.1 Å². The van der Waals surface area contributed by atoms with Gasteiger partial charge in [-0.1, -0.05) is 28.1 Å². The van der Waals surface area contributed by atoms with Crippen LogP contribution in [0.5, 0.6) is 0 Å². The molecule has 0 aliphatic heterocycles. The fourth-order valence-corrected chi connectivity index (χ4v) is 2.02. The zero-order chi connectivity index (χ0) is 16.7. The second kappa shape index (κ2) is 8.11. The van der Waals surface area contributed by atoms with Crippen molar-refractivity contribution in [2.75, 3.05) is 5.32 Å². The van der Waals surface area contributed by atoms with Crippen LogP contribution in [0.3, 0.4) is 0 Å². The van der Waals surface area contributed by atoms with Gasteiger partial charge >= 0.3 is 0 Å². The van der Waals surface area contributed by atoms with E-state index < -0.39 is 5.91 Å². The summed E-state index contributed by atoms with van der Waals surface area (Å²) in [5.74, 6) is -0.808. The largest absolute Gasteiger partial charge is 0.386 e. The van der Waals surface area contributed by atoms with Gasteiger partial charge in [-0.25, -0.2) is 4.39 Å². The van der Waals surface area contributed by atoms with E-state index >= 15 is 0 Å². The van der Waals surface area contributed by atoms with Crippen molar-refractivity contribution in [3.8, 4) is 6.07 Å². The number of halogens is 2. The number of hydrogen-bond donors (Lipinski definition) is 2. The van der Waals surface area contributed by atoms with Crippen LogP contribution in [-0.2, 0) is 11.3 Å². The molecule has 0 aliphatic carbocycles. The van der Waals surface area contributed by atoms with Crippen molar-refractivity contribution in [2.45, 2.75) is 6.54 Å². The quantitative estimate of drug-likeness (QED) is 0.619. The zero-order valence-electron chi connectivity index (χ0n) is 12.0. The molecule has 0 atom stereocenters. The van der Waals surface area contributed by atoms with Crippen LogP contribution in [0.25, 0.3) is 0 Å². The van der Waals surface area contributed by atoms with Gasteiger partial charge in [0.15, 0.2) is 0 Å². The molecule has 0 aliphatic rings. The Hall–Kier alpha value is -2.65. The van der Waals surface area contributed by atoms with Crippen molar-refractivity contribution in [1.29, 1.82) is 5.26 Å². The highest BCUT2D eigenvalue weighted by atomic mass is 79.9. The smallest absolute Gasteiger partial charge is 0.267 e. The molecule has 0 radical (unpaired) electrons. The van der Waals surface area contributed by atoms with Crippen molar-refractivity contribution in [2.24, 2.45) is 0 Å². The number of carbonyl (C=O) groups excluding carboxylic acids is 1. The fourth-order valence-electron chi connectivity index (χ4n) is 1.75. The van der Waals surface area contributed by atoms with Crippen molar-refractivity contribution in [1.82, 2.24) is 5.32 Å². The van der Waals surface area contributed by atoms with Crippen LogP contribution in [0.15, 0.2) is 64.8 Å². The molecule has 116 valence electrons. The Morgan fingerprint density at radius 1 is 1.17 bits per heavy atom. The standard InChI is InChI=1S/C17H13BrFN3O/c18-14-3-7-16(8-4-14)22-17(23)13(9-20)11-21-10-12-1-5-15(19)6-2-12/h1-8,11,21H,10H2,(H,22,23)/b13-11-. The van der Waals surface area contributed by atoms with E-state index in [9.17, 15) is 9.18 Å². The van der Waals surface area contributed by atoms with E-state index in [1.807, 2.05) is 6.07 Å². The molecule has 2 aromatic rings. The lowest BCUT2D eigenvalue weighted by Gasteiger charge is -2.05. The lowest BCUT2D eigenvalue weighted by atomic mass is 10.2. The van der Waals surface area contributed by atoms with Gasteiger partial charge in [0, 0.05) is 22.9 Å². The monoisotopic (exact) mass is 373 g/mol. The van der Waals surface area contributed by atoms with Gasteiger partial charge in [-0.2, -0.15) is 5.26 Å². The molecule has 0 aromatic heterocycles. The first-order valence-corrected chi connectivity index (χ1v) is 7.53. The number of rotatable bonds is 5. The number of hydrogen-bond acceptors (Lipinski definition) is 3. The number of nitrogens with one attached hydrogen (secondary N) is 2. The van der Waals surface area contributed by atoms with Gasteiger partial charge in [0.05, 0.1) is 0 Å². The Morgan fingerprint density at radius 2 is 1.83 bits per heavy atom. The van der Waals surface area contributed by atoms with Gasteiger partial charge in [-0.3, -0.25) is 4.79 Å². The number of amides is 1. The van der Waals surface area contributed by atoms with Crippen molar-refractivity contribution in [3.63, 3.8) is 0 Å². The van der Waals surface area contributed by atoms with E-state index in [2.05, 4.69) is 26.6 Å². The minimum absolute atomic E-state index is 0.0463. The third kappa shape index (κ3) is 5.24. The molecule has 0 saturated heterocycles. The summed E-state index contributed by atoms with van der Waals surface area (Å²) in [6, 6.07) is 14.8. The van der Waals surface area contributed by atoms with Gasteiger partial charge in [-0.15, -0.1) is 0 Å². The molecular formula is C17H13BrFN3O. The Balaban J connectivity index is 1.95. The van der Waals surface area contributed by atoms with Crippen molar-refractivity contribution >= 4 is 27.5 Å².